The number of hydrogen-bond acceptors (Lipinski definition) is 1. The van der Waals surface area contributed by atoms with E-state index in [1.807, 2.05) is 18.2 Å². The van der Waals surface area contributed by atoms with E-state index >= 15 is 0 Å². The van der Waals surface area contributed by atoms with Gasteiger partial charge in [-0.1, -0.05) is 79.2 Å². The van der Waals surface area contributed by atoms with Crippen LogP contribution in [0.5, 0.6) is 0 Å². The Labute approximate surface area is 127 Å². The first kappa shape index (κ1) is 15.2. The van der Waals surface area contributed by atoms with Crippen LogP contribution >= 0.6 is 0 Å². The third kappa shape index (κ3) is 4.16. The summed E-state index contributed by atoms with van der Waals surface area (Å²) in [5.74, 6) is 0.306. The summed E-state index contributed by atoms with van der Waals surface area (Å²) in [4.78, 5) is 12.0. The van der Waals surface area contributed by atoms with Crippen molar-refractivity contribution in [2.24, 2.45) is 5.92 Å². The number of carbonyl (C=O) groups excluding carboxylic acids is 1. The van der Waals surface area contributed by atoms with E-state index in [-0.39, 0.29) is 17.6 Å². The maximum Gasteiger partial charge on any atom is 0.137 e. The summed E-state index contributed by atoms with van der Waals surface area (Å²) in [5.41, 5.74) is 3.47. The smallest absolute Gasteiger partial charge is 0.137 e. The molecule has 0 aromatic heterocycles. The van der Waals surface area contributed by atoms with Gasteiger partial charge in [0, 0.05) is 5.92 Å². The molecule has 0 fully saturated rings. The van der Waals surface area contributed by atoms with E-state index in [2.05, 4.69) is 62.4 Å². The fraction of sp³-hybridized carbons (Fsp3) is 0.250. The molecule has 0 radical (unpaired) electrons. The first-order chi connectivity index (χ1) is 10.1. The second-order valence-corrected chi connectivity index (χ2v) is 5.63. The van der Waals surface area contributed by atoms with E-state index in [9.17, 15) is 4.79 Å². The Hall–Kier alpha value is -2.15. The number of rotatable bonds is 5. The molecule has 2 aromatic carbocycles. The maximum absolute atomic E-state index is 12.0. The van der Waals surface area contributed by atoms with Crippen molar-refractivity contribution in [3.8, 4) is 0 Å². The average Bonchev–Trinajstić information content (AvgIpc) is 2.48. The predicted octanol–water partition coefficient (Wildman–Crippen LogP) is 5.02. The molecule has 0 N–H and O–H groups in total. The van der Waals surface area contributed by atoms with Gasteiger partial charge in [-0.3, -0.25) is 4.79 Å². The fourth-order valence-corrected chi connectivity index (χ4v) is 2.62. The third-order valence-corrected chi connectivity index (χ3v) is 3.79. The van der Waals surface area contributed by atoms with Gasteiger partial charge < -0.3 is 0 Å². The van der Waals surface area contributed by atoms with Gasteiger partial charge in [0.1, 0.15) is 5.78 Å². The summed E-state index contributed by atoms with van der Waals surface area (Å²) in [6.07, 6.45) is 4.22. The van der Waals surface area contributed by atoms with Gasteiger partial charge in [-0.25, -0.2) is 0 Å². The van der Waals surface area contributed by atoms with Gasteiger partial charge >= 0.3 is 0 Å². The molecule has 0 bridgehead atoms. The summed E-state index contributed by atoms with van der Waals surface area (Å²) < 4.78 is 0. The van der Waals surface area contributed by atoms with Crippen LogP contribution in [-0.2, 0) is 4.79 Å². The van der Waals surface area contributed by atoms with Crippen LogP contribution in [0.3, 0.4) is 0 Å². The van der Waals surface area contributed by atoms with Crippen LogP contribution < -0.4 is 0 Å². The quantitative estimate of drug-likeness (QED) is 0.750. The number of hydrogen-bond donors (Lipinski definition) is 0. The molecule has 0 saturated heterocycles. The summed E-state index contributed by atoms with van der Waals surface area (Å²) in [5, 5.41) is 0. The highest BCUT2D eigenvalue weighted by molar-refractivity contribution is 5.84. The van der Waals surface area contributed by atoms with Crippen LogP contribution in [-0.4, -0.2) is 5.78 Å². The molecule has 108 valence electrons. The molecular formula is C20H22O. The Bertz CT molecular complexity index is 608. The Morgan fingerprint density at radius 1 is 1.00 bits per heavy atom. The maximum atomic E-state index is 12.0. The first-order valence-corrected chi connectivity index (χ1v) is 7.38. The van der Waals surface area contributed by atoms with Gasteiger partial charge in [-0.05, 0) is 30.9 Å². The van der Waals surface area contributed by atoms with E-state index in [4.69, 9.17) is 0 Å². The van der Waals surface area contributed by atoms with Gasteiger partial charge in [0.25, 0.3) is 0 Å². The lowest BCUT2D eigenvalue weighted by Gasteiger charge is -2.19. The SMILES string of the molecule is CC(=O)C(c1ccc(C)cc1)C(C)/C=C/c1ccccc1. The molecular weight excluding hydrogens is 256 g/mol. The summed E-state index contributed by atoms with van der Waals surface area (Å²) >= 11 is 0. The molecule has 1 nitrogen and oxygen atoms in total. The van der Waals surface area contributed by atoms with Crippen molar-refractivity contribution < 1.29 is 4.79 Å². The molecule has 2 rings (SSSR count). The van der Waals surface area contributed by atoms with Crippen LogP contribution in [0.1, 0.15) is 36.5 Å². The van der Waals surface area contributed by atoms with Crippen LogP contribution in [0.2, 0.25) is 0 Å². The predicted molar refractivity (Wildman–Crippen MR) is 89.2 cm³/mol. The van der Waals surface area contributed by atoms with Crippen molar-refractivity contribution in [2.45, 2.75) is 26.7 Å². The van der Waals surface area contributed by atoms with Crippen molar-refractivity contribution in [1.29, 1.82) is 0 Å². The van der Waals surface area contributed by atoms with E-state index in [1.54, 1.807) is 6.92 Å². The van der Waals surface area contributed by atoms with Crippen LogP contribution in [0.15, 0.2) is 60.7 Å². The average molecular weight is 278 g/mol. The largest absolute Gasteiger partial charge is 0.299 e. The number of allylic oxidation sites excluding steroid dienone is 1. The second kappa shape index (κ2) is 7.03. The number of aryl methyl sites for hydroxylation is 1. The minimum atomic E-state index is -0.0782. The van der Waals surface area contributed by atoms with E-state index in [0.29, 0.717) is 0 Å². The standard InChI is InChI=1S/C20H22O/c1-15-9-13-19(14-10-15)20(17(3)21)16(2)11-12-18-7-5-4-6-8-18/h4-14,16,20H,1-3H3/b12-11+. The molecule has 2 aromatic rings. The second-order valence-electron chi connectivity index (χ2n) is 5.63. The van der Waals surface area contributed by atoms with E-state index in [1.165, 1.54) is 5.56 Å². The Morgan fingerprint density at radius 2 is 1.62 bits per heavy atom. The van der Waals surface area contributed by atoms with Crippen molar-refractivity contribution in [3.05, 3.63) is 77.4 Å². The van der Waals surface area contributed by atoms with Crippen LogP contribution in [0.25, 0.3) is 6.08 Å². The van der Waals surface area contributed by atoms with Gasteiger partial charge in [0.15, 0.2) is 0 Å². The number of Topliss-reactive ketones (excluding diaryl/α,β-unsaturated/α-hetero) is 1. The Kier molecular flexibility index (Phi) is 5.10. The fourth-order valence-electron chi connectivity index (χ4n) is 2.62. The molecule has 0 spiro atoms. The molecule has 0 heterocycles. The minimum absolute atomic E-state index is 0.0782. The summed E-state index contributed by atoms with van der Waals surface area (Å²) in [6.45, 7) is 5.84. The minimum Gasteiger partial charge on any atom is -0.299 e. The van der Waals surface area contributed by atoms with E-state index in [0.717, 1.165) is 11.1 Å². The zero-order chi connectivity index (χ0) is 15.2. The highest BCUT2D eigenvalue weighted by atomic mass is 16.1. The monoisotopic (exact) mass is 278 g/mol. The van der Waals surface area contributed by atoms with Gasteiger partial charge in [-0.2, -0.15) is 0 Å². The number of carbonyl (C=O) groups is 1. The lowest BCUT2D eigenvalue weighted by Crippen LogP contribution is -2.16. The normalized spacial score (nSPS) is 14.0. The van der Waals surface area contributed by atoms with Crippen molar-refractivity contribution >= 4 is 11.9 Å². The highest BCUT2D eigenvalue weighted by Crippen LogP contribution is 2.27. The first-order valence-electron chi connectivity index (χ1n) is 7.38. The van der Waals surface area contributed by atoms with Gasteiger partial charge in [-0.15, -0.1) is 0 Å². The van der Waals surface area contributed by atoms with Crippen LogP contribution in [0.4, 0.5) is 0 Å². The Morgan fingerprint density at radius 3 is 2.19 bits per heavy atom. The topological polar surface area (TPSA) is 17.1 Å². The highest BCUT2D eigenvalue weighted by Gasteiger charge is 2.21. The summed E-state index contributed by atoms with van der Waals surface area (Å²) in [7, 11) is 0. The zero-order valence-electron chi connectivity index (χ0n) is 12.9. The van der Waals surface area contributed by atoms with Crippen molar-refractivity contribution in [2.75, 3.05) is 0 Å². The molecule has 0 aliphatic heterocycles. The molecule has 0 amide bonds. The molecule has 0 aliphatic carbocycles. The van der Waals surface area contributed by atoms with Crippen molar-refractivity contribution in [3.63, 3.8) is 0 Å². The lowest BCUT2D eigenvalue weighted by molar-refractivity contribution is -0.119. The summed E-state index contributed by atoms with van der Waals surface area (Å²) in [6, 6.07) is 18.4. The Balaban J connectivity index is 2.20. The molecule has 21 heavy (non-hydrogen) atoms. The van der Waals surface area contributed by atoms with Gasteiger partial charge in [0.2, 0.25) is 0 Å². The molecule has 2 atom stereocenters. The van der Waals surface area contributed by atoms with Gasteiger partial charge in [0.05, 0.1) is 0 Å². The molecule has 1 heteroatoms. The van der Waals surface area contributed by atoms with E-state index < -0.39 is 0 Å². The lowest BCUT2D eigenvalue weighted by atomic mass is 9.83. The zero-order valence-corrected chi connectivity index (χ0v) is 12.9. The number of ketones is 1. The molecule has 0 saturated carbocycles. The third-order valence-electron chi connectivity index (χ3n) is 3.79. The van der Waals surface area contributed by atoms with Crippen LogP contribution in [0, 0.1) is 12.8 Å². The molecule has 0 aliphatic rings. The number of benzene rings is 2. The molecule has 2 unspecified atom stereocenters. The van der Waals surface area contributed by atoms with Crippen molar-refractivity contribution in [1.82, 2.24) is 0 Å².